The number of hydrogen-bond acceptors (Lipinski definition) is 5. The molecule has 7 nitrogen and oxygen atoms in total. The molecule has 1 heterocycles. The number of benzene rings is 1. The van der Waals surface area contributed by atoms with Gasteiger partial charge in [-0.05, 0) is 37.5 Å². The maximum atomic E-state index is 12.7. The second kappa shape index (κ2) is 9.21. The lowest BCUT2D eigenvalue weighted by Crippen LogP contribution is -2.47. The van der Waals surface area contributed by atoms with Crippen LogP contribution in [0.5, 0.6) is 5.75 Å². The molecule has 1 aliphatic heterocycles. The van der Waals surface area contributed by atoms with Crippen LogP contribution in [-0.2, 0) is 25.8 Å². The molecular weight excluding hydrogens is 368 g/mol. The Morgan fingerprint density at radius 3 is 2.59 bits per heavy atom. The molecule has 1 unspecified atom stereocenters. The summed E-state index contributed by atoms with van der Waals surface area (Å²) in [5, 5.41) is 0. The first-order valence-electron chi connectivity index (χ1n) is 9.14. The number of hydrogen-bond donors (Lipinski definition) is 0. The number of carbonyl (C=O) groups is 2. The first-order valence-corrected chi connectivity index (χ1v) is 11.0. The normalized spacial score (nSPS) is 18.1. The Kier molecular flexibility index (Phi) is 7.24. The van der Waals surface area contributed by atoms with Crippen molar-refractivity contribution in [3.8, 4) is 5.75 Å². The molecule has 1 aliphatic rings. The third-order valence-electron chi connectivity index (χ3n) is 4.89. The molecular formula is C19H28N2O5S. The van der Waals surface area contributed by atoms with Gasteiger partial charge in [-0.25, -0.2) is 8.42 Å². The van der Waals surface area contributed by atoms with Gasteiger partial charge < -0.3 is 14.5 Å². The van der Waals surface area contributed by atoms with Gasteiger partial charge in [0.05, 0.1) is 25.2 Å². The van der Waals surface area contributed by atoms with Gasteiger partial charge in [0.15, 0.2) is 9.84 Å². The number of ether oxygens (including phenoxy) is 1. The smallest absolute Gasteiger partial charge is 0.242 e. The fourth-order valence-electron chi connectivity index (χ4n) is 3.35. The van der Waals surface area contributed by atoms with Crippen molar-refractivity contribution >= 4 is 21.7 Å². The van der Waals surface area contributed by atoms with Gasteiger partial charge in [0.2, 0.25) is 11.8 Å². The molecule has 0 aromatic heterocycles. The average molecular weight is 397 g/mol. The van der Waals surface area contributed by atoms with E-state index in [4.69, 9.17) is 4.74 Å². The lowest BCUT2D eigenvalue weighted by atomic mass is 10.1. The molecule has 27 heavy (non-hydrogen) atoms. The Hall–Kier alpha value is -2.09. The monoisotopic (exact) mass is 396 g/mol. The fourth-order valence-corrected chi connectivity index (χ4v) is 5.08. The van der Waals surface area contributed by atoms with Crippen molar-refractivity contribution in [1.82, 2.24) is 9.80 Å². The highest BCUT2D eigenvalue weighted by Crippen LogP contribution is 2.18. The number of carbonyl (C=O) groups excluding carboxylic acids is 2. The van der Waals surface area contributed by atoms with Crippen LogP contribution in [0.2, 0.25) is 0 Å². The van der Waals surface area contributed by atoms with Gasteiger partial charge in [-0.1, -0.05) is 12.1 Å². The molecule has 0 saturated carbocycles. The Bertz CT molecular complexity index is 778. The molecule has 1 aromatic carbocycles. The van der Waals surface area contributed by atoms with Crippen LogP contribution in [0.25, 0.3) is 0 Å². The zero-order valence-corrected chi connectivity index (χ0v) is 17.0. The highest BCUT2D eigenvalue weighted by molar-refractivity contribution is 7.91. The lowest BCUT2D eigenvalue weighted by Gasteiger charge is -2.30. The molecule has 0 N–H and O–H groups in total. The van der Waals surface area contributed by atoms with Gasteiger partial charge in [-0.2, -0.15) is 0 Å². The predicted molar refractivity (Wildman–Crippen MR) is 103 cm³/mol. The average Bonchev–Trinajstić information content (AvgIpc) is 2.98. The van der Waals surface area contributed by atoms with E-state index in [-0.39, 0.29) is 35.9 Å². The van der Waals surface area contributed by atoms with Crippen molar-refractivity contribution in [1.29, 1.82) is 0 Å². The summed E-state index contributed by atoms with van der Waals surface area (Å²) >= 11 is 0. The number of sulfone groups is 1. The van der Waals surface area contributed by atoms with E-state index in [0.29, 0.717) is 25.9 Å². The van der Waals surface area contributed by atoms with Crippen molar-refractivity contribution < 1.29 is 22.7 Å². The van der Waals surface area contributed by atoms with Crippen LogP contribution < -0.4 is 4.74 Å². The van der Waals surface area contributed by atoms with E-state index in [9.17, 15) is 18.0 Å². The zero-order valence-electron chi connectivity index (χ0n) is 16.2. The topological polar surface area (TPSA) is 84.0 Å². The third kappa shape index (κ3) is 5.95. The summed E-state index contributed by atoms with van der Waals surface area (Å²) < 4.78 is 28.6. The van der Waals surface area contributed by atoms with Crippen LogP contribution in [-0.4, -0.2) is 74.3 Å². The van der Waals surface area contributed by atoms with E-state index in [1.165, 1.54) is 11.8 Å². The molecule has 2 rings (SSSR count). The number of likely N-dealkylation sites (N-methyl/N-ethyl adjacent to an activating group) is 1. The van der Waals surface area contributed by atoms with Gasteiger partial charge in [-0.3, -0.25) is 9.59 Å². The van der Waals surface area contributed by atoms with E-state index < -0.39 is 9.84 Å². The summed E-state index contributed by atoms with van der Waals surface area (Å²) in [4.78, 5) is 27.8. The Morgan fingerprint density at radius 1 is 1.30 bits per heavy atom. The van der Waals surface area contributed by atoms with Crippen molar-refractivity contribution in [3.63, 3.8) is 0 Å². The molecule has 150 valence electrons. The molecule has 1 atom stereocenters. The molecule has 1 saturated heterocycles. The fraction of sp³-hybridized carbons (Fsp3) is 0.579. The van der Waals surface area contributed by atoms with Gasteiger partial charge in [0.1, 0.15) is 5.75 Å². The van der Waals surface area contributed by atoms with Gasteiger partial charge >= 0.3 is 0 Å². The predicted octanol–water partition coefficient (Wildman–Crippen LogP) is 1.12. The Balaban J connectivity index is 1.99. The molecule has 8 heteroatoms. The Morgan fingerprint density at radius 2 is 2.04 bits per heavy atom. The number of amides is 2. The van der Waals surface area contributed by atoms with Crippen LogP contribution in [0, 0.1) is 0 Å². The van der Waals surface area contributed by atoms with Crippen LogP contribution in [0.15, 0.2) is 24.3 Å². The van der Waals surface area contributed by atoms with E-state index in [1.807, 2.05) is 31.2 Å². The van der Waals surface area contributed by atoms with Crippen molar-refractivity contribution in [2.24, 2.45) is 0 Å². The minimum atomic E-state index is -3.07. The third-order valence-corrected chi connectivity index (χ3v) is 6.64. The van der Waals surface area contributed by atoms with Gasteiger partial charge in [0.25, 0.3) is 0 Å². The van der Waals surface area contributed by atoms with E-state index in [0.717, 1.165) is 11.3 Å². The minimum Gasteiger partial charge on any atom is -0.497 e. The summed E-state index contributed by atoms with van der Waals surface area (Å²) in [5.74, 6) is 0.490. The summed E-state index contributed by atoms with van der Waals surface area (Å²) in [6.07, 6.45) is 1.07. The van der Waals surface area contributed by atoms with Crippen LogP contribution in [0.1, 0.15) is 25.8 Å². The van der Waals surface area contributed by atoms with Crippen molar-refractivity contribution in [2.45, 2.75) is 32.7 Å². The molecule has 0 radical (unpaired) electrons. The highest BCUT2D eigenvalue weighted by atomic mass is 32.2. The van der Waals surface area contributed by atoms with Crippen LogP contribution in [0.3, 0.4) is 0 Å². The van der Waals surface area contributed by atoms with Crippen molar-refractivity contribution in [2.75, 3.05) is 38.2 Å². The highest BCUT2D eigenvalue weighted by Gasteiger charge is 2.34. The minimum absolute atomic E-state index is 0.0104. The summed E-state index contributed by atoms with van der Waals surface area (Å²) in [6.45, 7) is 4.07. The second-order valence-electron chi connectivity index (χ2n) is 6.78. The quantitative estimate of drug-likeness (QED) is 0.658. The molecule has 0 bridgehead atoms. The van der Waals surface area contributed by atoms with E-state index in [1.54, 1.807) is 12.0 Å². The largest absolute Gasteiger partial charge is 0.497 e. The first kappa shape index (κ1) is 21.2. The summed E-state index contributed by atoms with van der Waals surface area (Å²) in [7, 11) is -1.47. The summed E-state index contributed by atoms with van der Waals surface area (Å²) in [6, 6.07) is 7.30. The maximum absolute atomic E-state index is 12.7. The molecule has 0 spiro atoms. The molecule has 0 aliphatic carbocycles. The van der Waals surface area contributed by atoms with Gasteiger partial charge in [0, 0.05) is 26.1 Å². The van der Waals surface area contributed by atoms with Crippen LogP contribution >= 0.6 is 0 Å². The SMILES string of the molecule is CCN(C(=O)CN(CCc1cccc(OC)c1)C(C)=O)C1CCS(=O)(=O)C1. The lowest BCUT2D eigenvalue weighted by molar-refractivity contribution is -0.140. The van der Waals surface area contributed by atoms with Crippen LogP contribution in [0.4, 0.5) is 0 Å². The van der Waals surface area contributed by atoms with E-state index >= 15 is 0 Å². The summed E-state index contributed by atoms with van der Waals surface area (Å²) in [5.41, 5.74) is 1.02. The first-order chi connectivity index (χ1) is 12.8. The number of rotatable bonds is 8. The number of nitrogens with zero attached hydrogens (tertiary/aromatic N) is 2. The zero-order chi connectivity index (χ0) is 20.0. The second-order valence-corrected chi connectivity index (χ2v) is 9.01. The molecule has 2 amide bonds. The molecule has 1 fully saturated rings. The van der Waals surface area contributed by atoms with Gasteiger partial charge in [-0.15, -0.1) is 0 Å². The maximum Gasteiger partial charge on any atom is 0.242 e. The standard InChI is InChI=1S/C19H28N2O5S/c1-4-21(17-9-11-27(24,25)14-17)19(23)13-20(15(2)22)10-8-16-6-5-7-18(12-16)26-3/h5-7,12,17H,4,8-11,13-14H2,1-3H3. The molecule has 1 aromatic rings. The Labute approximate surface area is 161 Å². The number of methoxy groups -OCH3 is 1. The van der Waals surface area contributed by atoms with Crippen molar-refractivity contribution in [3.05, 3.63) is 29.8 Å². The van der Waals surface area contributed by atoms with E-state index in [2.05, 4.69) is 0 Å².